The first-order valence-electron chi connectivity index (χ1n) is 10.3. The van der Waals surface area contributed by atoms with E-state index in [0.29, 0.717) is 0 Å². The van der Waals surface area contributed by atoms with Gasteiger partial charge in [0, 0.05) is 17.3 Å². The summed E-state index contributed by atoms with van der Waals surface area (Å²) in [6.07, 6.45) is -13.7. The summed E-state index contributed by atoms with van der Waals surface area (Å²) in [6.45, 7) is 0. The number of alkyl halides is 9. The Labute approximate surface area is 198 Å². The summed E-state index contributed by atoms with van der Waals surface area (Å²) in [6, 6.07) is 13.7. The third-order valence-corrected chi connectivity index (χ3v) is 5.46. The summed E-state index contributed by atoms with van der Waals surface area (Å²) in [5, 5.41) is 0. The molecule has 0 unspecified atom stereocenters. The highest BCUT2D eigenvalue weighted by molar-refractivity contribution is 5.88. The first kappa shape index (κ1) is 25.3. The largest absolute Gasteiger partial charge is 0.417 e. The molecule has 1 heterocycles. The van der Waals surface area contributed by atoms with Crippen LogP contribution in [-0.2, 0) is 18.5 Å². The van der Waals surface area contributed by atoms with Crippen molar-refractivity contribution in [2.45, 2.75) is 18.5 Å². The minimum absolute atomic E-state index is 0.312. The summed E-state index contributed by atoms with van der Waals surface area (Å²) in [4.78, 5) is 3.95. The van der Waals surface area contributed by atoms with Crippen molar-refractivity contribution in [3.05, 3.63) is 102 Å². The van der Waals surface area contributed by atoms with E-state index in [4.69, 9.17) is 0 Å². The van der Waals surface area contributed by atoms with Crippen molar-refractivity contribution in [2.24, 2.45) is 0 Å². The molecule has 10 heteroatoms. The quantitative estimate of drug-likeness (QED) is 0.250. The van der Waals surface area contributed by atoms with E-state index in [1.54, 1.807) is 0 Å². The van der Waals surface area contributed by atoms with Crippen LogP contribution in [0.2, 0.25) is 0 Å². The van der Waals surface area contributed by atoms with Gasteiger partial charge in [-0.15, -0.1) is 0 Å². The van der Waals surface area contributed by atoms with Crippen LogP contribution in [0.1, 0.15) is 16.7 Å². The molecule has 0 aliphatic heterocycles. The Bertz CT molecular complexity index is 1400. The zero-order chi connectivity index (χ0) is 26.3. The van der Waals surface area contributed by atoms with Crippen molar-refractivity contribution in [3.8, 4) is 33.5 Å². The molecule has 0 fully saturated rings. The molecule has 0 amide bonds. The number of benzene rings is 3. The molecule has 186 valence electrons. The zero-order valence-electron chi connectivity index (χ0n) is 17.9. The zero-order valence-corrected chi connectivity index (χ0v) is 17.9. The van der Waals surface area contributed by atoms with Crippen LogP contribution in [0.3, 0.4) is 0 Å². The number of hydrogen-bond donors (Lipinski definition) is 0. The van der Waals surface area contributed by atoms with E-state index < -0.39 is 51.9 Å². The summed E-state index contributed by atoms with van der Waals surface area (Å²) in [5.74, 6) is 0. The molecule has 3 aromatic carbocycles. The average Bonchev–Trinajstić information content (AvgIpc) is 2.82. The fraction of sp³-hybridized carbons (Fsp3) is 0.115. The molecule has 0 bridgehead atoms. The molecule has 0 spiro atoms. The summed E-state index contributed by atoms with van der Waals surface area (Å²) < 4.78 is 124. The van der Waals surface area contributed by atoms with E-state index in [2.05, 4.69) is 4.98 Å². The Balaban J connectivity index is 2.08. The Hall–Kier alpha value is -3.82. The molecule has 4 aromatic rings. The monoisotopic (exact) mass is 511 g/mol. The van der Waals surface area contributed by atoms with Crippen LogP contribution in [0.15, 0.2) is 85.1 Å². The smallest absolute Gasteiger partial charge is 0.256 e. The predicted molar refractivity (Wildman–Crippen MR) is 116 cm³/mol. The number of hydrogen-bond acceptors (Lipinski definition) is 1. The van der Waals surface area contributed by atoms with Gasteiger partial charge in [0.1, 0.15) is 0 Å². The highest BCUT2D eigenvalue weighted by Crippen LogP contribution is 2.45. The molecule has 0 saturated heterocycles. The molecule has 36 heavy (non-hydrogen) atoms. The number of halogens is 9. The highest BCUT2D eigenvalue weighted by atomic mass is 19.4. The van der Waals surface area contributed by atoms with Gasteiger partial charge in [-0.05, 0) is 41.0 Å². The van der Waals surface area contributed by atoms with Crippen molar-refractivity contribution in [3.63, 3.8) is 0 Å². The Morgan fingerprint density at radius 1 is 0.417 bits per heavy atom. The van der Waals surface area contributed by atoms with Crippen LogP contribution >= 0.6 is 0 Å². The second-order valence-electron chi connectivity index (χ2n) is 7.75. The minimum atomic E-state index is -4.88. The van der Waals surface area contributed by atoms with Gasteiger partial charge in [-0.1, -0.05) is 54.6 Å². The summed E-state index contributed by atoms with van der Waals surface area (Å²) >= 11 is 0. The van der Waals surface area contributed by atoms with Gasteiger partial charge < -0.3 is 0 Å². The lowest BCUT2D eigenvalue weighted by Gasteiger charge is -2.20. The minimum Gasteiger partial charge on any atom is -0.256 e. The second-order valence-corrected chi connectivity index (χ2v) is 7.75. The Morgan fingerprint density at radius 3 is 1.22 bits per heavy atom. The van der Waals surface area contributed by atoms with Crippen LogP contribution in [0.25, 0.3) is 33.5 Å². The van der Waals surface area contributed by atoms with E-state index in [-0.39, 0.29) is 16.8 Å². The Kier molecular flexibility index (Phi) is 6.32. The third-order valence-electron chi connectivity index (χ3n) is 5.46. The fourth-order valence-corrected chi connectivity index (χ4v) is 3.92. The second kappa shape index (κ2) is 9.00. The average molecular weight is 511 g/mol. The first-order valence-corrected chi connectivity index (χ1v) is 10.3. The highest BCUT2D eigenvalue weighted by Gasteiger charge is 2.37. The van der Waals surface area contributed by atoms with Gasteiger partial charge in [-0.25, -0.2) is 0 Å². The van der Waals surface area contributed by atoms with Crippen LogP contribution in [0, 0.1) is 0 Å². The fourth-order valence-electron chi connectivity index (χ4n) is 3.92. The van der Waals surface area contributed by atoms with E-state index in [0.717, 1.165) is 66.9 Å². The maximum Gasteiger partial charge on any atom is 0.417 e. The van der Waals surface area contributed by atoms with E-state index >= 15 is 0 Å². The van der Waals surface area contributed by atoms with Gasteiger partial charge in [0.25, 0.3) is 0 Å². The molecule has 4 rings (SSSR count). The maximum absolute atomic E-state index is 13.8. The standard InChI is InChI=1S/C26H14F9N/c27-24(28,29)20-10-4-1-7-15(20)18-13-23(17-9-3-6-12-22(17)26(33,34)35)36-14-19(18)16-8-2-5-11-21(16)25(30,31)32/h1-14H. The lowest BCUT2D eigenvalue weighted by molar-refractivity contribution is -0.138. The molecule has 1 nitrogen and oxygen atoms in total. The molecule has 0 aliphatic rings. The predicted octanol–water partition coefficient (Wildman–Crippen LogP) is 9.14. The Morgan fingerprint density at radius 2 is 0.778 bits per heavy atom. The van der Waals surface area contributed by atoms with E-state index in [9.17, 15) is 39.5 Å². The van der Waals surface area contributed by atoms with E-state index in [1.807, 2.05) is 0 Å². The molecule has 1 aromatic heterocycles. The summed E-state index contributed by atoms with van der Waals surface area (Å²) in [7, 11) is 0. The SMILES string of the molecule is FC(F)(F)c1ccccc1-c1cc(-c2ccccc2C(F)(F)F)c(-c2ccccc2C(F)(F)F)cn1. The number of pyridine rings is 1. The van der Waals surface area contributed by atoms with Gasteiger partial charge in [-0.3, -0.25) is 4.98 Å². The number of aromatic nitrogens is 1. The van der Waals surface area contributed by atoms with Crippen LogP contribution in [0.5, 0.6) is 0 Å². The number of rotatable bonds is 3. The molecule has 0 radical (unpaired) electrons. The van der Waals surface area contributed by atoms with Gasteiger partial charge in [-0.2, -0.15) is 39.5 Å². The van der Waals surface area contributed by atoms with Crippen molar-refractivity contribution in [2.75, 3.05) is 0 Å². The van der Waals surface area contributed by atoms with Crippen LogP contribution < -0.4 is 0 Å². The topological polar surface area (TPSA) is 12.9 Å². The normalized spacial score (nSPS) is 12.6. The molecular weight excluding hydrogens is 497 g/mol. The van der Waals surface area contributed by atoms with Crippen LogP contribution in [0.4, 0.5) is 39.5 Å². The van der Waals surface area contributed by atoms with Crippen molar-refractivity contribution in [1.29, 1.82) is 0 Å². The van der Waals surface area contributed by atoms with Gasteiger partial charge in [0.15, 0.2) is 0 Å². The van der Waals surface area contributed by atoms with Gasteiger partial charge in [0.05, 0.1) is 22.4 Å². The van der Waals surface area contributed by atoms with Crippen molar-refractivity contribution in [1.82, 2.24) is 4.98 Å². The first-order chi connectivity index (χ1) is 16.8. The summed E-state index contributed by atoms with van der Waals surface area (Å²) in [5.41, 5.74) is -5.75. The lowest BCUT2D eigenvalue weighted by atomic mass is 9.89. The lowest BCUT2D eigenvalue weighted by Crippen LogP contribution is -2.10. The number of nitrogens with zero attached hydrogens (tertiary/aromatic N) is 1. The van der Waals surface area contributed by atoms with Gasteiger partial charge >= 0.3 is 18.5 Å². The van der Waals surface area contributed by atoms with Crippen molar-refractivity contribution < 1.29 is 39.5 Å². The molecule has 0 atom stereocenters. The molecule has 0 N–H and O–H groups in total. The molecule has 0 aliphatic carbocycles. The van der Waals surface area contributed by atoms with Crippen molar-refractivity contribution >= 4 is 0 Å². The van der Waals surface area contributed by atoms with Crippen LogP contribution in [-0.4, -0.2) is 4.98 Å². The third kappa shape index (κ3) is 4.93. The maximum atomic E-state index is 13.8. The molecular formula is C26H14F9N. The van der Waals surface area contributed by atoms with Gasteiger partial charge in [0.2, 0.25) is 0 Å². The molecule has 0 saturated carbocycles. The van der Waals surface area contributed by atoms with E-state index in [1.165, 1.54) is 18.2 Å².